The summed E-state index contributed by atoms with van der Waals surface area (Å²) in [6, 6.07) is 0.0936. The first-order valence-corrected chi connectivity index (χ1v) is 6.06. The van der Waals surface area contributed by atoms with E-state index in [2.05, 4.69) is 5.10 Å². The van der Waals surface area contributed by atoms with Crippen LogP contribution in [0.15, 0.2) is 0 Å². The lowest BCUT2D eigenvalue weighted by atomic mass is 9.93. The van der Waals surface area contributed by atoms with Gasteiger partial charge in [-0.3, -0.25) is 10.1 Å². The summed E-state index contributed by atoms with van der Waals surface area (Å²) >= 11 is 0. The minimum Gasteiger partial charge on any atom is -0.381 e. The van der Waals surface area contributed by atoms with Crippen molar-refractivity contribution in [2.45, 2.75) is 44.8 Å². The number of aryl methyl sites for hydroxylation is 1. The first kappa shape index (κ1) is 12.8. The molecule has 1 aliphatic rings. The maximum atomic E-state index is 10.9. The fourth-order valence-electron chi connectivity index (χ4n) is 2.62. The number of rotatable bonds is 3. The third kappa shape index (κ3) is 2.17. The predicted octanol–water partition coefficient (Wildman–Crippen LogP) is 1.81. The zero-order chi connectivity index (χ0) is 13.3. The number of nitrogen functional groups attached to an aromatic ring is 1. The van der Waals surface area contributed by atoms with Gasteiger partial charge >= 0.3 is 5.69 Å². The Labute approximate surface area is 105 Å². The van der Waals surface area contributed by atoms with E-state index in [9.17, 15) is 10.1 Å². The summed E-state index contributed by atoms with van der Waals surface area (Å²) in [6.45, 7) is 1.61. The van der Waals surface area contributed by atoms with E-state index in [1.54, 1.807) is 18.7 Å². The minimum atomic E-state index is -0.467. The Bertz CT molecular complexity index is 457. The summed E-state index contributed by atoms with van der Waals surface area (Å²) in [5.74, 6) is 0.152. The van der Waals surface area contributed by atoms with Crippen LogP contribution in [0.5, 0.6) is 0 Å². The Morgan fingerprint density at radius 2 is 2.28 bits per heavy atom. The molecule has 100 valence electrons. The number of hydrogen-bond acceptors (Lipinski definition) is 5. The molecule has 0 spiro atoms. The molecular formula is C11H18N4O3. The molecule has 0 saturated heterocycles. The summed E-state index contributed by atoms with van der Waals surface area (Å²) in [5, 5.41) is 15.1. The standard InChI is InChI=1S/C11H18N4O3/c1-7-10(15(16)17)11(12)14(13-7)8-4-3-5-9(6-8)18-2/h8-9H,3-6,12H2,1-2H3. The lowest BCUT2D eigenvalue weighted by Crippen LogP contribution is -2.25. The first-order chi connectivity index (χ1) is 8.54. The van der Waals surface area contributed by atoms with Gasteiger partial charge in [0.05, 0.1) is 17.1 Å². The molecule has 2 atom stereocenters. The van der Waals surface area contributed by atoms with Gasteiger partial charge in [-0.15, -0.1) is 0 Å². The number of nitrogens with two attached hydrogens (primary N) is 1. The van der Waals surface area contributed by atoms with Crippen LogP contribution in [0.2, 0.25) is 0 Å². The van der Waals surface area contributed by atoms with E-state index in [0.717, 1.165) is 25.7 Å². The summed E-state index contributed by atoms with van der Waals surface area (Å²) in [5.41, 5.74) is 6.14. The molecule has 2 N–H and O–H groups in total. The number of ether oxygens (including phenoxy) is 1. The van der Waals surface area contributed by atoms with E-state index < -0.39 is 4.92 Å². The molecular weight excluding hydrogens is 236 g/mol. The minimum absolute atomic E-state index is 0.0745. The zero-order valence-electron chi connectivity index (χ0n) is 10.6. The van der Waals surface area contributed by atoms with Gasteiger partial charge in [0, 0.05) is 7.11 Å². The highest BCUT2D eigenvalue weighted by molar-refractivity contribution is 5.56. The number of anilines is 1. The molecule has 1 aromatic heterocycles. The van der Waals surface area contributed by atoms with Gasteiger partial charge in [0.2, 0.25) is 5.82 Å². The molecule has 2 unspecified atom stereocenters. The topological polar surface area (TPSA) is 96.2 Å². The van der Waals surface area contributed by atoms with Gasteiger partial charge in [-0.25, -0.2) is 4.68 Å². The number of hydrogen-bond donors (Lipinski definition) is 1. The van der Waals surface area contributed by atoms with Crippen molar-refractivity contribution in [1.29, 1.82) is 0 Å². The highest BCUT2D eigenvalue weighted by Gasteiger charge is 2.30. The van der Waals surface area contributed by atoms with Crippen molar-refractivity contribution in [3.8, 4) is 0 Å². The van der Waals surface area contributed by atoms with Gasteiger partial charge in [0.15, 0.2) is 0 Å². The van der Waals surface area contributed by atoms with E-state index in [0.29, 0.717) is 5.69 Å². The normalized spacial score (nSPS) is 24.1. The largest absolute Gasteiger partial charge is 0.381 e. The molecule has 1 aliphatic carbocycles. The van der Waals surface area contributed by atoms with Gasteiger partial charge in [-0.1, -0.05) is 0 Å². The third-order valence-corrected chi connectivity index (χ3v) is 3.55. The second-order valence-corrected chi connectivity index (χ2v) is 4.70. The van der Waals surface area contributed by atoms with Gasteiger partial charge in [0.25, 0.3) is 0 Å². The molecule has 0 radical (unpaired) electrons. The predicted molar refractivity (Wildman–Crippen MR) is 66.3 cm³/mol. The second kappa shape index (κ2) is 4.93. The molecule has 0 aromatic carbocycles. The summed E-state index contributed by atoms with van der Waals surface area (Å²) < 4.78 is 6.95. The van der Waals surface area contributed by atoms with Crippen LogP contribution in [-0.4, -0.2) is 27.9 Å². The number of nitrogens with zero attached hydrogens (tertiary/aromatic N) is 3. The summed E-state index contributed by atoms with van der Waals surface area (Å²) in [7, 11) is 1.69. The van der Waals surface area contributed by atoms with E-state index in [-0.39, 0.29) is 23.7 Å². The zero-order valence-corrected chi connectivity index (χ0v) is 10.6. The summed E-state index contributed by atoms with van der Waals surface area (Å²) in [4.78, 5) is 10.4. The van der Waals surface area contributed by atoms with Crippen LogP contribution in [0.25, 0.3) is 0 Å². The molecule has 0 aliphatic heterocycles. The van der Waals surface area contributed by atoms with Crippen molar-refractivity contribution in [2.75, 3.05) is 12.8 Å². The van der Waals surface area contributed by atoms with Crippen LogP contribution in [0.1, 0.15) is 37.4 Å². The van der Waals surface area contributed by atoms with Gasteiger partial charge in [0.1, 0.15) is 5.69 Å². The molecule has 1 saturated carbocycles. The Kier molecular flexibility index (Phi) is 3.51. The molecule has 7 heteroatoms. The molecule has 0 amide bonds. The quantitative estimate of drug-likeness (QED) is 0.655. The Hall–Kier alpha value is -1.63. The fraction of sp³-hybridized carbons (Fsp3) is 0.727. The van der Waals surface area contributed by atoms with Crippen molar-refractivity contribution in [3.63, 3.8) is 0 Å². The molecule has 18 heavy (non-hydrogen) atoms. The molecule has 0 bridgehead atoms. The average Bonchev–Trinajstić information content (AvgIpc) is 2.65. The van der Waals surface area contributed by atoms with Crippen LogP contribution < -0.4 is 5.73 Å². The lowest BCUT2D eigenvalue weighted by molar-refractivity contribution is -0.384. The van der Waals surface area contributed by atoms with Crippen molar-refractivity contribution >= 4 is 11.5 Å². The maximum absolute atomic E-state index is 10.9. The number of methoxy groups -OCH3 is 1. The average molecular weight is 254 g/mol. The van der Waals surface area contributed by atoms with Gasteiger partial charge < -0.3 is 10.5 Å². The first-order valence-electron chi connectivity index (χ1n) is 6.06. The van der Waals surface area contributed by atoms with E-state index in [4.69, 9.17) is 10.5 Å². The third-order valence-electron chi connectivity index (χ3n) is 3.55. The Balaban J connectivity index is 2.28. The second-order valence-electron chi connectivity index (χ2n) is 4.70. The molecule has 2 rings (SSSR count). The van der Waals surface area contributed by atoms with Crippen LogP contribution in [0.3, 0.4) is 0 Å². The monoisotopic (exact) mass is 254 g/mol. The number of nitro groups is 1. The van der Waals surface area contributed by atoms with Gasteiger partial charge in [-0.2, -0.15) is 5.10 Å². The maximum Gasteiger partial charge on any atom is 0.333 e. The van der Waals surface area contributed by atoms with Crippen molar-refractivity contribution < 1.29 is 9.66 Å². The van der Waals surface area contributed by atoms with Crippen LogP contribution in [0, 0.1) is 17.0 Å². The molecule has 1 fully saturated rings. The van der Waals surface area contributed by atoms with Gasteiger partial charge in [-0.05, 0) is 32.6 Å². The Morgan fingerprint density at radius 3 is 2.83 bits per heavy atom. The molecule has 1 aromatic rings. The number of aromatic nitrogens is 2. The lowest BCUT2D eigenvalue weighted by Gasteiger charge is -2.28. The van der Waals surface area contributed by atoms with E-state index in [1.807, 2.05) is 0 Å². The highest BCUT2D eigenvalue weighted by Crippen LogP contribution is 2.35. The Morgan fingerprint density at radius 1 is 1.56 bits per heavy atom. The van der Waals surface area contributed by atoms with Crippen molar-refractivity contribution in [1.82, 2.24) is 9.78 Å². The van der Waals surface area contributed by atoms with Crippen LogP contribution >= 0.6 is 0 Å². The van der Waals surface area contributed by atoms with Crippen molar-refractivity contribution in [3.05, 3.63) is 15.8 Å². The highest BCUT2D eigenvalue weighted by atomic mass is 16.6. The van der Waals surface area contributed by atoms with Crippen molar-refractivity contribution in [2.24, 2.45) is 0 Å². The fourth-order valence-corrected chi connectivity index (χ4v) is 2.62. The van der Waals surface area contributed by atoms with E-state index >= 15 is 0 Å². The van der Waals surface area contributed by atoms with Crippen LogP contribution in [-0.2, 0) is 4.74 Å². The molecule has 7 nitrogen and oxygen atoms in total. The molecule has 1 heterocycles. The SMILES string of the molecule is COC1CCCC(n2nc(C)c([N+](=O)[O-])c2N)C1. The summed E-state index contributed by atoms with van der Waals surface area (Å²) in [6.07, 6.45) is 3.97. The van der Waals surface area contributed by atoms with E-state index in [1.165, 1.54) is 0 Å². The van der Waals surface area contributed by atoms with Crippen LogP contribution in [0.4, 0.5) is 11.5 Å². The smallest absolute Gasteiger partial charge is 0.333 e.